The average molecular weight is 400 g/mol. The number of ether oxygens (including phenoxy) is 1. The SMILES string of the molecule is COc1ccccc1CNC(=O)c1c(C)nn(-c2ccc(C)cc2)c1-n1cccc1. The van der Waals surface area contributed by atoms with E-state index in [2.05, 4.69) is 10.4 Å². The summed E-state index contributed by atoms with van der Waals surface area (Å²) in [5.74, 6) is 1.27. The van der Waals surface area contributed by atoms with Gasteiger partial charge in [0.25, 0.3) is 5.91 Å². The molecule has 0 unspecified atom stereocenters. The lowest BCUT2D eigenvalue weighted by Gasteiger charge is -2.12. The quantitative estimate of drug-likeness (QED) is 0.527. The Morgan fingerprint density at radius 3 is 2.40 bits per heavy atom. The summed E-state index contributed by atoms with van der Waals surface area (Å²) in [4.78, 5) is 13.2. The molecule has 1 amide bonds. The van der Waals surface area contributed by atoms with E-state index in [1.54, 1.807) is 7.11 Å². The van der Waals surface area contributed by atoms with Crippen LogP contribution in [0, 0.1) is 13.8 Å². The first-order valence-electron chi connectivity index (χ1n) is 9.78. The zero-order chi connectivity index (χ0) is 21.1. The topological polar surface area (TPSA) is 61.1 Å². The van der Waals surface area contributed by atoms with Gasteiger partial charge in [-0.25, -0.2) is 4.68 Å². The molecule has 0 spiro atoms. The summed E-state index contributed by atoms with van der Waals surface area (Å²) in [7, 11) is 1.63. The highest BCUT2D eigenvalue weighted by Crippen LogP contribution is 2.24. The molecule has 30 heavy (non-hydrogen) atoms. The van der Waals surface area contributed by atoms with Gasteiger partial charge in [0.15, 0.2) is 5.82 Å². The van der Waals surface area contributed by atoms with Crippen LogP contribution in [0.5, 0.6) is 5.75 Å². The smallest absolute Gasteiger partial charge is 0.257 e. The number of carbonyl (C=O) groups is 1. The number of hydrogen-bond donors (Lipinski definition) is 1. The molecular weight excluding hydrogens is 376 g/mol. The molecule has 4 aromatic rings. The third-order valence-electron chi connectivity index (χ3n) is 5.02. The first-order valence-corrected chi connectivity index (χ1v) is 9.78. The summed E-state index contributed by atoms with van der Waals surface area (Å²) in [5.41, 5.74) is 4.19. The van der Waals surface area contributed by atoms with Crippen molar-refractivity contribution in [1.82, 2.24) is 19.7 Å². The van der Waals surface area contributed by atoms with Crippen LogP contribution in [0.15, 0.2) is 73.1 Å². The fourth-order valence-corrected chi connectivity index (χ4v) is 3.47. The van der Waals surface area contributed by atoms with Crippen molar-refractivity contribution in [2.45, 2.75) is 20.4 Å². The van der Waals surface area contributed by atoms with E-state index in [-0.39, 0.29) is 5.91 Å². The van der Waals surface area contributed by atoms with Crippen molar-refractivity contribution in [3.05, 3.63) is 95.4 Å². The highest BCUT2D eigenvalue weighted by atomic mass is 16.5. The second-order valence-corrected chi connectivity index (χ2v) is 7.12. The number of hydrogen-bond acceptors (Lipinski definition) is 3. The molecule has 0 radical (unpaired) electrons. The number of amides is 1. The first kappa shape index (κ1) is 19.5. The van der Waals surface area contributed by atoms with Crippen molar-refractivity contribution in [3.63, 3.8) is 0 Å². The van der Waals surface area contributed by atoms with Crippen LogP contribution in [0.25, 0.3) is 11.5 Å². The van der Waals surface area contributed by atoms with Crippen LogP contribution in [0.1, 0.15) is 27.2 Å². The second-order valence-electron chi connectivity index (χ2n) is 7.12. The number of benzene rings is 2. The van der Waals surface area contributed by atoms with Crippen molar-refractivity contribution in [2.75, 3.05) is 7.11 Å². The second kappa shape index (κ2) is 8.29. The molecule has 6 heteroatoms. The molecule has 0 fully saturated rings. The summed E-state index contributed by atoms with van der Waals surface area (Å²) in [6, 6.07) is 19.6. The third-order valence-corrected chi connectivity index (χ3v) is 5.02. The van der Waals surface area contributed by atoms with Crippen molar-refractivity contribution in [3.8, 4) is 17.3 Å². The van der Waals surface area contributed by atoms with Gasteiger partial charge in [-0.1, -0.05) is 35.9 Å². The fourth-order valence-electron chi connectivity index (χ4n) is 3.47. The summed E-state index contributed by atoms with van der Waals surface area (Å²) < 4.78 is 9.12. The summed E-state index contributed by atoms with van der Waals surface area (Å²) in [6.45, 7) is 4.26. The molecule has 4 rings (SSSR count). The van der Waals surface area contributed by atoms with E-state index in [0.29, 0.717) is 23.6 Å². The average Bonchev–Trinajstić information content (AvgIpc) is 3.40. The van der Waals surface area contributed by atoms with Crippen LogP contribution in [-0.4, -0.2) is 27.4 Å². The van der Waals surface area contributed by atoms with Crippen LogP contribution < -0.4 is 10.1 Å². The molecule has 0 aliphatic heterocycles. The molecule has 0 aliphatic rings. The van der Waals surface area contributed by atoms with Crippen LogP contribution >= 0.6 is 0 Å². The van der Waals surface area contributed by atoms with Gasteiger partial charge in [-0.3, -0.25) is 4.79 Å². The number of methoxy groups -OCH3 is 1. The lowest BCUT2D eigenvalue weighted by molar-refractivity contribution is 0.0950. The predicted molar refractivity (Wildman–Crippen MR) is 117 cm³/mol. The van der Waals surface area contributed by atoms with Gasteiger partial charge in [0.1, 0.15) is 11.3 Å². The van der Waals surface area contributed by atoms with E-state index >= 15 is 0 Å². The maximum Gasteiger partial charge on any atom is 0.257 e. The van der Waals surface area contributed by atoms with Crippen LogP contribution in [0.4, 0.5) is 0 Å². The fraction of sp³-hybridized carbons (Fsp3) is 0.167. The number of aryl methyl sites for hydroxylation is 2. The van der Waals surface area contributed by atoms with E-state index < -0.39 is 0 Å². The Bertz CT molecular complexity index is 1160. The maximum atomic E-state index is 13.2. The summed E-state index contributed by atoms with van der Waals surface area (Å²) in [5, 5.41) is 7.71. The summed E-state index contributed by atoms with van der Waals surface area (Å²) in [6.07, 6.45) is 3.83. The van der Waals surface area contributed by atoms with Crippen molar-refractivity contribution < 1.29 is 9.53 Å². The lowest BCUT2D eigenvalue weighted by Crippen LogP contribution is -2.25. The zero-order valence-electron chi connectivity index (χ0n) is 17.3. The van der Waals surface area contributed by atoms with Gasteiger partial charge in [0.2, 0.25) is 0 Å². The molecule has 0 saturated heterocycles. The van der Waals surface area contributed by atoms with Gasteiger partial charge in [0, 0.05) is 24.5 Å². The number of para-hydroxylation sites is 1. The van der Waals surface area contributed by atoms with Crippen LogP contribution in [0.3, 0.4) is 0 Å². The molecule has 152 valence electrons. The Hall–Kier alpha value is -3.80. The Morgan fingerprint density at radius 2 is 1.70 bits per heavy atom. The van der Waals surface area contributed by atoms with Gasteiger partial charge >= 0.3 is 0 Å². The van der Waals surface area contributed by atoms with Crippen molar-refractivity contribution >= 4 is 5.91 Å². The van der Waals surface area contributed by atoms with Crippen molar-refractivity contribution in [1.29, 1.82) is 0 Å². The largest absolute Gasteiger partial charge is 0.496 e. The van der Waals surface area contributed by atoms with Gasteiger partial charge < -0.3 is 14.6 Å². The number of nitrogens with one attached hydrogen (secondary N) is 1. The van der Waals surface area contributed by atoms with E-state index in [0.717, 1.165) is 17.0 Å². The normalized spacial score (nSPS) is 10.8. The van der Waals surface area contributed by atoms with Crippen LogP contribution in [0.2, 0.25) is 0 Å². The first-order chi connectivity index (χ1) is 14.6. The van der Waals surface area contributed by atoms with E-state index in [4.69, 9.17) is 4.74 Å². The molecule has 0 aliphatic carbocycles. The maximum absolute atomic E-state index is 13.2. The zero-order valence-corrected chi connectivity index (χ0v) is 17.3. The van der Waals surface area contributed by atoms with E-state index in [1.165, 1.54) is 5.56 Å². The van der Waals surface area contributed by atoms with Gasteiger partial charge in [-0.05, 0) is 44.2 Å². The molecule has 2 heterocycles. The molecule has 0 saturated carbocycles. The molecule has 2 aromatic heterocycles. The molecule has 0 bridgehead atoms. The standard InChI is InChI=1S/C24H24N4O2/c1-17-10-12-20(13-11-17)28-24(27-14-6-7-15-27)22(18(2)26-28)23(29)25-16-19-8-4-5-9-21(19)30-3/h4-15H,16H2,1-3H3,(H,25,29). The van der Waals surface area contributed by atoms with Gasteiger partial charge in [0.05, 0.1) is 18.5 Å². The van der Waals surface area contributed by atoms with Gasteiger partial charge in [-0.2, -0.15) is 5.10 Å². The Kier molecular flexibility index (Phi) is 5.39. The number of nitrogens with zero attached hydrogens (tertiary/aromatic N) is 3. The predicted octanol–water partition coefficient (Wildman–Crippen LogP) is 4.22. The highest BCUT2D eigenvalue weighted by molar-refractivity contribution is 5.98. The Balaban J connectivity index is 1.72. The molecule has 0 atom stereocenters. The number of carbonyl (C=O) groups excluding carboxylic acids is 1. The molecule has 6 nitrogen and oxygen atoms in total. The van der Waals surface area contributed by atoms with Crippen LogP contribution in [-0.2, 0) is 6.54 Å². The number of rotatable bonds is 6. The van der Waals surface area contributed by atoms with E-state index in [1.807, 2.05) is 96.2 Å². The number of aromatic nitrogens is 3. The van der Waals surface area contributed by atoms with Gasteiger partial charge in [-0.15, -0.1) is 0 Å². The minimum atomic E-state index is -0.180. The monoisotopic (exact) mass is 400 g/mol. The Morgan fingerprint density at radius 1 is 1.00 bits per heavy atom. The summed E-state index contributed by atoms with van der Waals surface area (Å²) >= 11 is 0. The minimum absolute atomic E-state index is 0.180. The lowest BCUT2D eigenvalue weighted by atomic mass is 10.1. The molecule has 2 aromatic carbocycles. The minimum Gasteiger partial charge on any atom is -0.496 e. The molecular formula is C24H24N4O2. The third kappa shape index (κ3) is 3.72. The Labute approximate surface area is 175 Å². The molecule has 1 N–H and O–H groups in total. The van der Waals surface area contributed by atoms with Crippen molar-refractivity contribution in [2.24, 2.45) is 0 Å². The van der Waals surface area contributed by atoms with E-state index in [9.17, 15) is 4.79 Å². The highest BCUT2D eigenvalue weighted by Gasteiger charge is 2.23.